The molecule has 1 aromatic carbocycles. The summed E-state index contributed by atoms with van der Waals surface area (Å²) in [6, 6.07) is 8.71. The lowest BCUT2D eigenvalue weighted by molar-refractivity contribution is 0.249. The molecule has 0 fully saturated rings. The summed E-state index contributed by atoms with van der Waals surface area (Å²) < 4.78 is 4.99. The topological polar surface area (TPSA) is 54.3 Å². The van der Waals surface area contributed by atoms with Crippen LogP contribution in [-0.2, 0) is 6.42 Å². The number of urea groups is 1. The van der Waals surface area contributed by atoms with E-state index in [1.807, 2.05) is 25.1 Å². The highest BCUT2D eigenvalue weighted by atomic mass is 35.5. The van der Waals surface area contributed by atoms with E-state index in [0.717, 1.165) is 5.56 Å². The van der Waals surface area contributed by atoms with Gasteiger partial charge in [0.15, 0.2) is 0 Å². The molecule has 0 saturated carbocycles. The number of furan rings is 1. The molecule has 2 N–H and O–H groups in total. The van der Waals surface area contributed by atoms with Crippen molar-refractivity contribution in [2.45, 2.75) is 19.4 Å². The van der Waals surface area contributed by atoms with Gasteiger partial charge < -0.3 is 15.1 Å². The summed E-state index contributed by atoms with van der Waals surface area (Å²) in [6.07, 6.45) is 4.00. The zero-order valence-electron chi connectivity index (χ0n) is 10.5. The number of rotatable bonds is 4. The molecule has 1 aromatic heterocycles. The quantitative estimate of drug-likeness (QED) is 0.896. The fourth-order valence-corrected chi connectivity index (χ4v) is 1.94. The lowest BCUT2D eigenvalue weighted by Gasteiger charge is -2.14. The second kappa shape index (κ2) is 6.29. The first kappa shape index (κ1) is 13.5. The predicted octanol–water partition coefficient (Wildman–Crippen LogP) is 3.69. The van der Waals surface area contributed by atoms with Crippen molar-refractivity contribution in [3.8, 4) is 0 Å². The zero-order valence-corrected chi connectivity index (χ0v) is 11.3. The Labute approximate surface area is 116 Å². The lowest BCUT2D eigenvalue weighted by Crippen LogP contribution is -2.37. The maximum atomic E-state index is 11.8. The first-order chi connectivity index (χ1) is 9.15. The number of hydrogen-bond acceptors (Lipinski definition) is 2. The molecule has 19 heavy (non-hydrogen) atoms. The van der Waals surface area contributed by atoms with E-state index >= 15 is 0 Å². The van der Waals surface area contributed by atoms with Crippen LogP contribution in [0.2, 0.25) is 5.02 Å². The van der Waals surface area contributed by atoms with E-state index in [9.17, 15) is 4.79 Å². The Hall–Kier alpha value is -1.94. The third-order valence-electron chi connectivity index (χ3n) is 2.62. The van der Waals surface area contributed by atoms with Gasteiger partial charge in [0.1, 0.15) is 0 Å². The van der Waals surface area contributed by atoms with E-state index in [1.165, 1.54) is 0 Å². The van der Waals surface area contributed by atoms with Crippen LogP contribution in [0.4, 0.5) is 10.5 Å². The van der Waals surface area contributed by atoms with Crippen molar-refractivity contribution in [1.82, 2.24) is 5.32 Å². The van der Waals surface area contributed by atoms with Gasteiger partial charge in [0.05, 0.1) is 23.2 Å². The highest BCUT2D eigenvalue weighted by Crippen LogP contribution is 2.20. The number of carbonyl (C=O) groups excluding carboxylic acids is 1. The van der Waals surface area contributed by atoms with Crippen molar-refractivity contribution in [2.75, 3.05) is 5.32 Å². The molecule has 2 aromatic rings. The van der Waals surface area contributed by atoms with E-state index in [1.54, 1.807) is 24.7 Å². The summed E-state index contributed by atoms with van der Waals surface area (Å²) in [4.78, 5) is 11.8. The van der Waals surface area contributed by atoms with Gasteiger partial charge in [-0.3, -0.25) is 0 Å². The average molecular weight is 279 g/mol. The number of benzene rings is 1. The Morgan fingerprint density at radius 1 is 1.37 bits per heavy atom. The van der Waals surface area contributed by atoms with Crippen LogP contribution < -0.4 is 10.6 Å². The summed E-state index contributed by atoms with van der Waals surface area (Å²) in [5.74, 6) is 0. The normalized spacial score (nSPS) is 11.9. The number of para-hydroxylation sites is 1. The Balaban J connectivity index is 1.86. The minimum atomic E-state index is -0.274. The van der Waals surface area contributed by atoms with Crippen LogP contribution in [0, 0.1) is 0 Å². The highest BCUT2D eigenvalue weighted by Gasteiger charge is 2.10. The van der Waals surface area contributed by atoms with Gasteiger partial charge in [0.2, 0.25) is 0 Å². The molecule has 5 heteroatoms. The Kier molecular flexibility index (Phi) is 4.47. The van der Waals surface area contributed by atoms with Gasteiger partial charge in [-0.2, -0.15) is 0 Å². The molecule has 100 valence electrons. The monoisotopic (exact) mass is 278 g/mol. The number of anilines is 1. The van der Waals surface area contributed by atoms with E-state index in [4.69, 9.17) is 16.0 Å². The Morgan fingerprint density at radius 2 is 2.16 bits per heavy atom. The van der Waals surface area contributed by atoms with Crippen LogP contribution >= 0.6 is 11.6 Å². The van der Waals surface area contributed by atoms with Crippen molar-refractivity contribution < 1.29 is 9.21 Å². The summed E-state index contributed by atoms with van der Waals surface area (Å²) in [5, 5.41) is 6.07. The number of halogens is 1. The van der Waals surface area contributed by atoms with Crippen LogP contribution in [0.1, 0.15) is 12.5 Å². The molecule has 0 aliphatic carbocycles. The standard InChI is InChI=1S/C14H15ClN2O2/c1-10(8-11-6-7-19-9-11)16-14(18)17-13-5-3-2-4-12(13)15/h2-7,9-10H,8H2,1H3,(H2,16,17,18). The minimum absolute atomic E-state index is 0.0000813. The van der Waals surface area contributed by atoms with Crippen molar-refractivity contribution in [3.63, 3.8) is 0 Å². The number of nitrogens with one attached hydrogen (secondary N) is 2. The van der Waals surface area contributed by atoms with Crippen LogP contribution in [0.15, 0.2) is 47.3 Å². The molecule has 2 amide bonds. The molecule has 1 atom stereocenters. The minimum Gasteiger partial charge on any atom is -0.472 e. The van der Waals surface area contributed by atoms with Crippen LogP contribution in [0.5, 0.6) is 0 Å². The molecule has 0 aliphatic rings. The lowest BCUT2D eigenvalue weighted by atomic mass is 10.1. The van der Waals surface area contributed by atoms with E-state index in [2.05, 4.69) is 10.6 Å². The number of carbonyl (C=O) groups is 1. The molecule has 0 aliphatic heterocycles. The summed E-state index contributed by atoms with van der Waals surface area (Å²) in [7, 11) is 0. The van der Waals surface area contributed by atoms with E-state index < -0.39 is 0 Å². The summed E-state index contributed by atoms with van der Waals surface area (Å²) in [5.41, 5.74) is 1.64. The molecule has 0 spiro atoms. The molecular formula is C14H15ClN2O2. The molecule has 1 unspecified atom stereocenters. The third-order valence-corrected chi connectivity index (χ3v) is 2.95. The largest absolute Gasteiger partial charge is 0.472 e. The van der Waals surface area contributed by atoms with Crippen molar-refractivity contribution in [3.05, 3.63) is 53.4 Å². The zero-order chi connectivity index (χ0) is 13.7. The Morgan fingerprint density at radius 3 is 2.84 bits per heavy atom. The second-order valence-corrected chi connectivity index (χ2v) is 4.72. The number of hydrogen-bond donors (Lipinski definition) is 2. The van der Waals surface area contributed by atoms with Gasteiger partial charge in [-0.25, -0.2) is 4.79 Å². The maximum absolute atomic E-state index is 11.8. The van der Waals surface area contributed by atoms with Crippen LogP contribution in [0.3, 0.4) is 0 Å². The van der Waals surface area contributed by atoms with Crippen molar-refractivity contribution >= 4 is 23.3 Å². The van der Waals surface area contributed by atoms with E-state index in [-0.39, 0.29) is 12.1 Å². The fraction of sp³-hybridized carbons (Fsp3) is 0.214. The first-order valence-electron chi connectivity index (χ1n) is 5.98. The molecule has 0 radical (unpaired) electrons. The van der Waals surface area contributed by atoms with Gasteiger partial charge in [0, 0.05) is 6.04 Å². The van der Waals surface area contributed by atoms with Gasteiger partial charge >= 0.3 is 6.03 Å². The molecule has 2 rings (SSSR count). The SMILES string of the molecule is CC(Cc1ccoc1)NC(=O)Nc1ccccc1Cl. The molecule has 0 bridgehead atoms. The highest BCUT2D eigenvalue weighted by molar-refractivity contribution is 6.33. The molecule has 1 heterocycles. The summed E-state index contributed by atoms with van der Waals surface area (Å²) >= 11 is 5.97. The van der Waals surface area contributed by atoms with Crippen molar-refractivity contribution in [2.24, 2.45) is 0 Å². The van der Waals surface area contributed by atoms with Crippen LogP contribution in [-0.4, -0.2) is 12.1 Å². The van der Waals surface area contributed by atoms with Gasteiger partial charge in [-0.1, -0.05) is 23.7 Å². The van der Waals surface area contributed by atoms with Crippen molar-refractivity contribution in [1.29, 1.82) is 0 Å². The average Bonchev–Trinajstić information content (AvgIpc) is 2.84. The van der Waals surface area contributed by atoms with E-state index in [0.29, 0.717) is 17.1 Å². The Bertz CT molecular complexity index is 540. The second-order valence-electron chi connectivity index (χ2n) is 4.32. The van der Waals surface area contributed by atoms with Gasteiger partial charge in [-0.15, -0.1) is 0 Å². The van der Waals surface area contributed by atoms with Gasteiger partial charge in [0.25, 0.3) is 0 Å². The fourth-order valence-electron chi connectivity index (χ4n) is 1.76. The molecule has 4 nitrogen and oxygen atoms in total. The third kappa shape index (κ3) is 4.03. The summed E-state index contributed by atoms with van der Waals surface area (Å²) in [6.45, 7) is 1.93. The predicted molar refractivity (Wildman–Crippen MR) is 75.5 cm³/mol. The first-order valence-corrected chi connectivity index (χ1v) is 6.36. The van der Waals surface area contributed by atoms with Gasteiger partial charge in [-0.05, 0) is 37.1 Å². The smallest absolute Gasteiger partial charge is 0.319 e. The number of amides is 2. The van der Waals surface area contributed by atoms with Crippen LogP contribution in [0.25, 0.3) is 0 Å². The maximum Gasteiger partial charge on any atom is 0.319 e. The molecular weight excluding hydrogens is 264 g/mol. The molecule has 0 saturated heterocycles.